The lowest BCUT2D eigenvalue weighted by molar-refractivity contribution is -0.132. The van der Waals surface area contributed by atoms with E-state index in [1.54, 1.807) is 6.07 Å². The van der Waals surface area contributed by atoms with Crippen LogP contribution in [-0.4, -0.2) is 59.3 Å². The number of hydrogen-bond acceptors (Lipinski definition) is 5. The van der Waals surface area contributed by atoms with E-state index in [1.807, 2.05) is 0 Å². The Hall–Kier alpha value is -2.92. The lowest BCUT2D eigenvalue weighted by atomic mass is 10.0. The number of carbonyl (C=O) groups is 1. The van der Waals surface area contributed by atoms with Crippen molar-refractivity contribution in [2.24, 2.45) is 11.5 Å². The Kier molecular flexibility index (Phi) is 8.32. The second kappa shape index (κ2) is 11.0. The zero-order valence-corrected chi connectivity index (χ0v) is 18.7. The van der Waals surface area contributed by atoms with Crippen molar-refractivity contribution >= 4 is 23.2 Å². The van der Waals surface area contributed by atoms with Gasteiger partial charge in [-0.05, 0) is 30.2 Å². The number of carbonyl (C=O) groups excluding carboxylic acids is 1. The average Bonchev–Trinajstić information content (AvgIpc) is 2.77. The summed E-state index contributed by atoms with van der Waals surface area (Å²) in [4.78, 5) is 19.6. The van der Waals surface area contributed by atoms with Crippen molar-refractivity contribution in [3.63, 3.8) is 0 Å². The molecule has 0 saturated carbocycles. The van der Waals surface area contributed by atoms with Crippen LogP contribution in [0.4, 0.5) is 22.0 Å². The van der Waals surface area contributed by atoms with Crippen LogP contribution >= 0.6 is 11.6 Å². The second-order valence-corrected chi connectivity index (χ2v) is 8.30. The van der Waals surface area contributed by atoms with E-state index < -0.39 is 42.4 Å². The van der Waals surface area contributed by atoms with E-state index in [2.05, 4.69) is 4.98 Å². The fourth-order valence-electron chi connectivity index (χ4n) is 3.70. The number of halogens is 6. The summed E-state index contributed by atoms with van der Waals surface area (Å²) in [6.07, 6.45) is -1.63. The van der Waals surface area contributed by atoms with Crippen LogP contribution in [-0.2, 0) is 11.2 Å². The predicted octanol–water partition coefficient (Wildman–Crippen LogP) is 3.15. The fraction of sp³-hybridized carbons (Fsp3) is 0.364. The molecule has 0 aliphatic carbocycles. The van der Waals surface area contributed by atoms with Gasteiger partial charge in [-0.15, -0.1) is 0 Å². The number of benzene rings is 1. The number of rotatable bonds is 7. The molecule has 34 heavy (non-hydrogen) atoms. The molecule has 1 aromatic carbocycles. The Labute approximate surface area is 198 Å². The summed E-state index contributed by atoms with van der Waals surface area (Å²) in [6.45, 7) is -0.353. The van der Waals surface area contributed by atoms with Crippen LogP contribution < -0.4 is 11.5 Å². The minimum absolute atomic E-state index is 0.0493. The summed E-state index contributed by atoms with van der Waals surface area (Å²) in [5.74, 6) is -3.91. The monoisotopic (exact) mass is 503 g/mol. The zero-order chi connectivity index (χ0) is 25.0. The normalized spacial score (nSPS) is 16.7. The van der Waals surface area contributed by atoms with Gasteiger partial charge in [0.2, 0.25) is 5.91 Å². The van der Waals surface area contributed by atoms with E-state index in [0.29, 0.717) is 23.4 Å². The molecule has 0 spiro atoms. The standard InChI is InChI=1S/C22H23ClF5N5O/c23-19-2-1-12(9-31-19)22(30)18-10-33(4-3-32(18)11-20(27)28)21(34)7-14(29)5-13-6-16(25)17(26)8-15(13)24/h1-2,6,8-9,14,20H,3-5,7,10-11,29-30H2/b22-18-. The first kappa shape index (κ1) is 25.7. The molecule has 0 radical (unpaired) electrons. The number of pyridine rings is 1. The quantitative estimate of drug-likeness (QED) is 0.344. The molecule has 1 aromatic heterocycles. The van der Waals surface area contributed by atoms with Crippen molar-refractivity contribution in [1.82, 2.24) is 14.8 Å². The highest BCUT2D eigenvalue weighted by Crippen LogP contribution is 2.24. The third-order valence-electron chi connectivity index (χ3n) is 5.43. The third kappa shape index (κ3) is 6.35. The molecular weight excluding hydrogens is 481 g/mol. The highest BCUT2D eigenvalue weighted by molar-refractivity contribution is 6.29. The van der Waals surface area contributed by atoms with Gasteiger partial charge in [0.05, 0.1) is 24.5 Å². The van der Waals surface area contributed by atoms with E-state index in [9.17, 15) is 26.7 Å². The smallest absolute Gasteiger partial charge is 0.255 e. The van der Waals surface area contributed by atoms with Gasteiger partial charge in [-0.25, -0.2) is 26.9 Å². The van der Waals surface area contributed by atoms with Crippen molar-refractivity contribution in [1.29, 1.82) is 0 Å². The molecule has 6 nitrogen and oxygen atoms in total. The molecule has 2 aromatic rings. The summed E-state index contributed by atoms with van der Waals surface area (Å²) in [7, 11) is 0. The minimum atomic E-state index is -2.62. The molecule has 2 heterocycles. The molecule has 1 fully saturated rings. The predicted molar refractivity (Wildman–Crippen MR) is 117 cm³/mol. The van der Waals surface area contributed by atoms with Gasteiger partial charge >= 0.3 is 0 Å². The van der Waals surface area contributed by atoms with Crippen LogP contribution in [0.2, 0.25) is 5.15 Å². The highest BCUT2D eigenvalue weighted by atomic mass is 35.5. The molecule has 1 unspecified atom stereocenters. The van der Waals surface area contributed by atoms with Crippen LogP contribution in [0, 0.1) is 17.5 Å². The summed E-state index contributed by atoms with van der Waals surface area (Å²) in [5.41, 5.74) is 13.0. The Balaban J connectivity index is 1.74. The van der Waals surface area contributed by atoms with Crippen molar-refractivity contribution in [2.45, 2.75) is 25.3 Å². The number of nitrogens with zero attached hydrogens (tertiary/aromatic N) is 3. The molecule has 1 saturated heterocycles. The van der Waals surface area contributed by atoms with Gasteiger partial charge in [-0.2, -0.15) is 0 Å². The van der Waals surface area contributed by atoms with Crippen LogP contribution in [0.25, 0.3) is 5.70 Å². The first-order valence-corrected chi connectivity index (χ1v) is 10.7. The first-order chi connectivity index (χ1) is 16.0. The van der Waals surface area contributed by atoms with E-state index >= 15 is 0 Å². The molecular formula is C22H23ClF5N5O. The first-order valence-electron chi connectivity index (χ1n) is 10.4. The largest absolute Gasteiger partial charge is 0.397 e. The van der Waals surface area contributed by atoms with E-state index in [0.717, 1.165) is 0 Å². The average molecular weight is 504 g/mol. The topological polar surface area (TPSA) is 88.5 Å². The molecule has 1 amide bonds. The van der Waals surface area contributed by atoms with Crippen molar-refractivity contribution in [3.8, 4) is 0 Å². The van der Waals surface area contributed by atoms with Crippen LogP contribution in [0.5, 0.6) is 0 Å². The van der Waals surface area contributed by atoms with Gasteiger partial charge < -0.3 is 21.3 Å². The fourth-order valence-corrected chi connectivity index (χ4v) is 3.81. The minimum Gasteiger partial charge on any atom is -0.397 e. The van der Waals surface area contributed by atoms with Crippen LogP contribution in [0.15, 0.2) is 36.2 Å². The Morgan fingerprint density at radius 3 is 2.47 bits per heavy atom. The molecule has 184 valence electrons. The molecule has 12 heteroatoms. The molecule has 3 rings (SSSR count). The Morgan fingerprint density at radius 1 is 1.12 bits per heavy atom. The number of amides is 1. The van der Waals surface area contributed by atoms with Crippen molar-refractivity contribution < 1.29 is 26.7 Å². The Bertz CT molecular complexity index is 1070. The van der Waals surface area contributed by atoms with Gasteiger partial charge in [0.25, 0.3) is 6.43 Å². The second-order valence-electron chi connectivity index (χ2n) is 7.91. The zero-order valence-electron chi connectivity index (χ0n) is 18.0. The van der Waals surface area contributed by atoms with Gasteiger partial charge in [0.1, 0.15) is 11.0 Å². The maximum Gasteiger partial charge on any atom is 0.255 e. The number of aromatic nitrogens is 1. The number of piperazine rings is 1. The summed E-state index contributed by atoms with van der Waals surface area (Å²) in [5, 5.41) is 0.234. The lowest BCUT2D eigenvalue weighted by Gasteiger charge is -2.39. The lowest BCUT2D eigenvalue weighted by Crippen LogP contribution is -2.50. The van der Waals surface area contributed by atoms with Crippen LogP contribution in [0.1, 0.15) is 17.5 Å². The molecule has 1 atom stereocenters. The molecule has 1 aliphatic heterocycles. The number of alkyl halides is 2. The number of hydrogen-bond donors (Lipinski definition) is 2. The highest BCUT2D eigenvalue weighted by Gasteiger charge is 2.29. The van der Waals surface area contributed by atoms with Gasteiger partial charge in [-0.3, -0.25) is 4.79 Å². The maximum atomic E-state index is 13.9. The van der Waals surface area contributed by atoms with Crippen LogP contribution in [0.3, 0.4) is 0 Å². The van der Waals surface area contributed by atoms with Gasteiger partial charge in [0.15, 0.2) is 11.6 Å². The molecule has 0 bridgehead atoms. The SMILES string of the molecule is N/C(=C1/CN(C(=O)CC(N)Cc2cc(F)c(F)cc2F)CCN1CC(F)F)c1ccc(Cl)nc1. The molecule has 1 aliphatic rings. The van der Waals surface area contributed by atoms with Gasteiger partial charge in [-0.1, -0.05) is 11.6 Å². The van der Waals surface area contributed by atoms with E-state index in [1.165, 1.54) is 22.1 Å². The summed E-state index contributed by atoms with van der Waals surface area (Å²) >= 11 is 5.79. The number of nitrogens with two attached hydrogens (primary N) is 2. The summed E-state index contributed by atoms with van der Waals surface area (Å²) in [6, 6.07) is 3.35. The van der Waals surface area contributed by atoms with Crippen molar-refractivity contribution in [3.05, 3.63) is 69.9 Å². The maximum absolute atomic E-state index is 13.9. The van der Waals surface area contributed by atoms with E-state index in [-0.39, 0.29) is 48.9 Å². The summed E-state index contributed by atoms with van der Waals surface area (Å²) < 4.78 is 66.7. The Morgan fingerprint density at radius 2 is 1.82 bits per heavy atom. The van der Waals surface area contributed by atoms with Gasteiger partial charge in [0, 0.05) is 43.4 Å². The molecule has 4 N–H and O–H groups in total. The van der Waals surface area contributed by atoms with E-state index in [4.69, 9.17) is 23.1 Å². The third-order valence-corrected chi connectivity index (χ3v) is 5.65. The van der Waals surface area contributed by atoms with Crippen molar-refractivity contribution in [2.75, 3.05) is 26.2 Å².